The van der Waals surface area contributed by atoms with Gasteiger partial charge in [-0.15, -0.1) is 0 Å². The van der Waals surface area contributed by atoms with Gasteiger partial charge in [0.1, 0.15) is 0 Å². The molecule has 0 spiro atoms. The summed E-state index contributed by atoms with van der Waals surface area (Å²) in [7, 11) is 0. The molecule has 27 heavy (non-hydrogen) atoms. The van der Waals surface area contributed by atoms with Gasteiger partial charge >= 0.3 is 5.97 Å². The third kappa shape index (κ3) is 5.18. The zero-order chi connectivity index (χ0) is 20.4. The molecule has 1 fully saturated rings. The number of benzene rings is 1. The van der Waals surface area contributed by atoms with Crippen LogP contribution < -0.4 is 0 Å². The van der Waals surface area contributed by atoms with Crippen LogP contribution in [0.25, 0.3) is 0 Å². The minimum absolute atomic E-state index is 0.106. The maximum Gasteiger partial charge on any atom is 0.309 e. The van der Waals surface area contributed by atoms with Crippen molar-refractivity contribution in [3.8, 4) is 0 Å². The van der Waals surface area contributed by atoms with E-state index >= 15 is 0 Å². The van der Waals surface area contributed by atoms with Crippen LogP contribution in [0.2, 0.25) is 0 Å². The number of likely N-dealkylation sites (tertiary alicyclic amines) is 1. The normalized spacial score (nSPS) is 15.6. The number of nitrogens with zero attached hydrogens (tertiary/aromatic N) is 1. The van der Waals surface area contributed by atoms with Crippen LogP contribution in [-0.4, -0.2) is 42.3 Å². The Kier molecular flexibility index (Phi) is 6.45. The topological polar surface area (TPSA) is 63.7 Å². The molecule has 1 amide bonds. The first-order chi connectivity index (χ1) is 12.5. The van der Waals surface area contributed by atoms with Crippen molar-refractivity contribution < 1.29 is 19.1 Å². The van der Waals surface area contributed by atoms with Crippen LogP contribution >= 0.6 is 0 Å². The molecular formula is C22H31NO4. The molecule has 1 aromatic rings. The zero-order valence-electron chi connectivity index (χ0n) is 17.3. The highest BCUT2D eigenvalue weighted by molar-refractivity contribution is 5.99. The van der Waals surface area contributed by atoms with Gasteiger partial charge in [0.25, 0.3) is 0 Å². The summed E-state index contributed by atoms with van der Waals surface area (Å²) in [5, 5.41) is 0. The first-order valence-corrected chi connectivity index (χ1v) is 9.57. The fraction of sp³-hybridized carbons (Fsp3) is 0.591. The summed E-state index contributed by atoms with van der Waals surface area (Å²) in [6.07, 6.45) is 1.16. The van der Waals surface area contributed by atoms with Crippen LogP contribution in [0.15, 0.2) is 12.1 Å². The summed E-state index contributed by atoms with van der Waals surface area (Å²) in [6.45, 7) is 12.4. The average molecular weight is 373 g/mol. The number of carbonyl (C=O) groups excluding carboxylic acids is 3. The summed E-state index contributed by atoms with van der Waals surface area (Å²) in [6, 6.07) is 3.84. The molecule has 0 unspecified atom stereocenters. The van der Waals surface area contributed by atoms with Crippen molar-refractivity contribution in [2.75, 3.05) is 19.7 Å². The van der Waals surface area contributed by atoms with Crippen LogP contribution in [0.4, 0.5) is 0 Å². The predicted octanol–water partition coefficient (Wildman–Crippen LogP) is 3.62. The average Bonchev–Trinajstić information content (AvgIpc) is 2.61. The van der Waals surface area contributed by atoms with E-state index in [1.807, 2.05) is 58.6 Å². The third-order valence-corrected chi connectivity index (χ3v) is 5.24. The first kappa shape index (κ1) is 21.1. The van der Waals surface area contributed by atoms with E-state index in [0.717, 1.165) is 16.7 Å². The number of ether oxygens (including phenoxy) is 1. The molecule has 0 N–H and O–H groups in total. The van der Waals surface area contributed by atoms with Gasteiger partial charge in [-0.2, -0.15) is 0 Å². The lowest BCUT2D eigenvalue weighted by Gasteiger charge is -2.34. The number of esters is 1. The van der Waals surface area contributed by atoms with Crippen LogP contribution in [0.5, 0.6) is 0 Å². The number of piperidine rings is 1. The van der Waals surface area contributed by atoms with Crippen molar-refractivity contribution in [2.45, 2.75) is 54.4 Å². The highest BCUT2D eigenvalue weighted by atomic mass is 16.5. The van der Waals surface area contributed by atoms with Crippen LogP contribution in [-0.2, 0) is 14.3 Å². The van der Waals surface area contributed by atoms with E-state index in [9.17, 15) is 14.4 Å². The monoisotopic (exact) mass is 373 g/mol. The van der Waals surface area contributed by atoms with E-state index in [0.29, 0.717) is 31.5 Å². The van der Waals surface area contributed by atoms with Gasteiger partial charge in [0.05, 0.1) is 5.92 Å². The maximum atomic E-state index is 12.4. The Balaban J connectivity index is 1.87. The largest absolute Gasteiger partial charge is 0.457 e. The standard InChI is InChI=1S/C22H31NO4/c1-14-11-16(3)18(12-15(14)2)19(24)13-27-20(25)17-7-9-23(10-8-17)21(26)22(4,5)6/h11-12,17H,7-10,13H2,1-6H3. The highest BCUT2D eigenvalue weighted by Crippen LogP contribution is 2.24. The predicted molar refractivity (Wildman–Crippen MR) is 105 cm³/mol. The van der Waals surface area contributed by atoms with E-state index in [-0.39, 0.29) is 30.2 Å². The minimum Gasteiger partial charge on any atom is -0.457 e. The second-order valence-electron chi connectivity index (χ2n) is 8.60. The molecule has 0 aliphatic carbocycles. The summed E-state index contributed by atoms with van der Waals surface area (Å²) in [4.78, 5) is 38.9. The number of Topliss-reactive ketones (excluding diaryl/α,β-unsaturated/α-hetero) is 1. The lowest BCUT2D eigenvalue weighted by Crippen LogP contribution is -2.45. The SMILES string of the molecule is Cc1cc(C)c(C(=O)COC(=O)C2CCN(C(=O)C(C)(C)C)CC2)cc1C. The summed E-state index contributed by atoms with van der Waals surface area (Å²) >= 11 is 0. The maximum absolute atomic E-state index is 12.4. The Morgan fingerprint density at radius 3 is 2.11 bits per heavy atom. The molecule has 148 valence electrons. The van der Waals surface area contributed by atoms with Gasteiger partial charge in [0, 0.05) is 24.1 Å². The van der Waals surface area contributed by atoms with Crippen molar-refractivity contribution in [3.05, 3.63) is 34.4 Å². The lowest BCUT2D eigenvalue weighted by molar-refractivity contribution is -0.152. The minimum atomic E-state index is -0.413. The van der Waals surface area contributed by atoms with Crippen molar-refractivity contribution in [1.29, 1.82) is 0 Å². The quantitative estimate of drug-likeness (QED) is 0.597. The molecular weight excluding hydrogens is 342 g/mol. The summed E-state index contributed by atoms with van der Waals surface area (Å²) in [5.74, 6) is -0.658. The summed E-state index contributed by atoms with van der Waals surface area (Å²) < 4.78 is 5.29. The first-order valence-electron chi connectivity index (χ1n) is 9.57. The summed E-state index contributed by atoms with van der Waals surface area (Å²) in [5.41, 5.74) is 3.28. The Morgan fingerprint density at radius 1 is 1.00 bits per heavy atom. The van der Waals surface area contributed by atoms with Crippen LogP contribution in [0.1, 0.15) is 60.7 Å². The van der Waals surface area contributed by atoms with Crippen molar-refractivity contribution in [1.82, 2.24) is 4.90 Å². The van der Waals surface area contributed by atoms with Crippen molar-refractivity contribution >= 4 is 17.7 Å². The number of hydrogen-bond donors (Lipinski definition) is 0. The molecule has 5 heteroatoms. The molecule has 0 saturated carbocycles. The van der Waals surface area contributed by atoms with Gasteiger partial charge in [-0.05, 0) is 56.4 Å². The molecule has 0 aromatic heterocycles. The van der Waals surface area contributed by atoms with E-state index < -0.39 is 5.41 Å². The fourth-order valence-electron chi connectivity index (χ4n) is 3.39. The Hall–Kier alpha value is -2.17. The van der Waals surface area contributed by atoms with Gasteiger partial charge in [-0.3, -0.25) is 14.4 Å². The third-order valence-electron chi connectivity index (χ3n) is 5.24. The molecule has 1 aliphatic heterocycles. The fourth-order valence-corrected chi connectivity index (χ4v) is 3.39. The van der Waals surface area contributed by atoms with Gasteiger partial charge in [0.15, 0.2) is 6.61 Å². The lowest BCUT2D eigenvalue weighted by atomic mass is 9.91. The molecule has 0 atom stereocenters. The zero-order valence-corrected chi connectivity index (χ0v) is 17.3. The number of amides is 1. The number of carbonyl (C=O) groups is 3. The molecule has 5 nitrogen and oxygen atoms in total. The van der Waals surface area contributed by atoms with Gasteiger partial charge in [-0.25, -0.2) is 0 Å². The second kappa shape index (κ2) is 8.24. The van der Waals surface area contributed by atoms with E-state index in [4.69, 9.17) is 4.74 Å². The van der Waals surface area contributed by atoms with Crippen molar-refractivity contribution in [2.24, 2.45) is 11.3 Å². The van der Waals surface area contributed by atoms with E-state index in [1.54, 1.807) is 0 Å². The Morgan fingerprint density at radius 2 is 1.56 bits per heavy atom. The van der Waals surface area contributed by atoms with Gasteiger partial charge < -0.3 is 9.64 Å². The van der Waals surface area contributed by atoms with Crippen molar-refractivity contribution in [3.63, 3.8) is 0 Å². The van der Waals surface area contributed by atoms with E-state index in [1.165, 1.54) is 0 Å². The molecule has 1 aromatic carbocycles. The Bertz CT molecular complexity index is 737. The molecule has 0 bridgehead atoms. The molecule has 1 heterocycles. The number of rotatable bonds is 4. The van der Waals surface area contributed by atoms with Gasteiger partial charge in [-0.1, -0.05) is 26.8 Å². The molecule has 1 aliphatic rings. The molecule has 0 radical (unpaired) electrons. The second-order valence-corrected chi connectivity index (χ2v) is 8.60. The molecule has 2 rings (SSSR count). The van der Waals surface area contributed by atoms with Crippen LogP contribution in [0.3, 0.4) is 0 Å². The number of hydrogen-bond acceptors (Lipinski definition) is 4. The number of ketones is 1. The van der Waals surface area contributed by atoms with Crippen LogP contribution in [0, 0.1) is 32.1 Å². The van der Waals surface area contributed by atoms with E-state index in [2.05, 4.69) is 0 Å². The van der Waals surface area contributed by atoms with Gasteiger partial charge in [0.2, 0.25) is 11.7 Å². The Labute approximate surface area is 162 Å². The smallest absolute Gasteiger partial charge is 0.309 e. The number of aryl methyl sites for hydroxylation is 3. The highest BCUT2D eigenvalue weighted by Gasteiger charge is 2.33. The molecule has 1 saturated heterocycles.